The van der Waals surface area contributed by atoms with Gasteiger partial charge in [0.2, 0.25) is 5.91 Å². The summed E-state index contributed by atoms with van der Waals surface area (Å²) in [6.07, 6.45) is 5.24. The number of carbonyl (C=O) groups is 2. The molecule has 1 aliphatic carbocycles. The van der Waals surface area contributed by atoms with Gasteiger partial charge in [-0.3, -0.25) is 14.7 Å². The molecule has 2 aromatic rings. The number of halogens is 1. The number of carbonyl (C=O) groups excluding carboxylic acids is 2. The SMILES string of the molecule is COC[C@H](C)n1c(COc2ccccc2F)nnc1SCC(=O)NC(=O)NC1CCCCC1. The Morgan fingerprint density at radius 2 is 2.00 bits per heavy atom. The Hall–Kier alpha value is -2.66. The minimum atomic E-state index is -0.472. The van der Waals surface area contributed by atoms with Gasteiger partial charge >= 0.3 is 6.03 Å². The van der Waals surface area contributed by atoms with Crippen LogP contribution in [0.15, 0.2) is 29.4 Å². The normalized spacial score (nSPS) is 15.1. The van der Waals surface area contributed by atoms with E-state index in [0.717, 1.165) is 37.4 Å². The van der Waals surface area contributed by atoms with Crippen LogP contribution in [-0.4, -0.2) is 52.2 Å². The van der Waals surface area contributed by atoms with Crippen LogP contribution in [-0.2, 0) is 16.1 Å². The molecule has 1 aromatic carbocycles. The van der Waals surface area contributed by atoms with Gasteiger partial charge in [-0.1, -0.05) is 43.2 Å². The molecule has 0 saturated heterocycles. The molecule has 0 unspecified atom stereocenters. The third-order valence-electron chi connectivity index (χ3n) is 5.30. The van der Waals surface area contributed by atoms with E-state index >= 15 is 0 Å². The number of ether oxygens (including phenoxy) is 2. The predicted octanol–water partition coefficient (Wildman–Crippen LogP) is 3.45. The Labute approximate surface area is 196 Å². The summed E-state index contributed by atoms with van der Waals surface area (Å²) in [6, 6.07) is 5.62. The fourth-order valence-electron chi connectivity index (χ4n) is 3.73. The first-order valence-corrected chi connectivity index (χ1v) is 12.0. The van der Waals surface area contributed by atoms with Crippen molar-refractivity contribution in [3.8, 4) is 5.75 Å². The van der Waals surface area contributed by atoms with Crippen molar-refractivity contribution in [3.05, 3.63) is 35.9 Å². The molecule has 0 bridgehead atoms. The number of nitrogens with zero attached hydrogens (tertiary/aromatic N) is 3. The number of urea groups is 1. The first-order chi connectivity index (χ1) is 16.0. The number of amides is 3. The summed E-state index contributed by atoms with van der Waals surface area (Å²) < 4.78 is 26.5. The topological polar surface area (TPSA) is 107 Å². The Morgan fingerprint density at radius 1 is 1.24 bits per heavy atom. The van der Waals surface area contributed by atoms with Crippen molar-refractivity contribution in [2.24, 2.45) is 0 Å². The summed E-state index contributed by atoms with van der Waals surface area (Å²) in [6.45, 7) is 2.30. The van der Waals surface area contributed by atoms with E-state index in [0.29, 0.717) is 17.6 Å². The average Bonchev–Trinajstić information content (AvgIpc) is 3.21. The zero-order chi connectivity index (χ0) is 23.6. The molecule has 11 heteroatoms. The second-order valence-corrected chi connectivity index (χ2v) is 8.88. The Morgan fingerprint density at radius 3 is 2.73 bits per heavy atom. The molecule has 0 aliphatic heterocycles. The van der Waals surface area contributed by atoms with Crippen LogP contribution < -0.4 is 15.4 Å². The van der Waals surface area contributed by atoms with Gasteiger partial charge in [0, 0.05) is 13.2 Å². The molecule has 1 fully saturated rings. The molecule has 1 aliphatic rings. The first-order valence-electron chi connectivity index (χ1n) is 11.0. The Bertz CT molecular complexity index is 935. The highest BCUT2D eigenvalue weighted by atomic mass is 32.2. The number of hydrogen-bond donors (Lipinski definition) is 2. The Balaban J connectivity index is 1.58. The second kappa shape index (κ2) is 12.5. The summed E-state index contributed by atoms with van der Waals surface area (Å²) in [5.41, 5.74) is 0. The second-order valence-electron chi connectivity index (χ2n) is 7.94. The Kier molecular flexibility index (Phi) is 9.49. The van der Waals surface area contributed by atoms with Gasteiger partial charge in [-0.25, -0.2) is 9.18 Å². The van der Waals surface area contributed by atoms with Gasteiger partial charge in [0.15, 0.2) is 22.5 Å². The molecule has 1 aromatic heterocycles. The van der Waals surface area contributed by atoms with Crippen molar-refractivity contribution in [2.75, 3.05) is 19.5 Å². The third kappa shape index (κ3) is 7.43. The van der Waals surface area contributed by atoms with Crippen molar-refractivity contribution in [2.45, 2.75) is 62.9 Å². The van der Waals surface area contributed by atoms with Crippen LogP contribution in [0, 0.1) is 5.82 Å². The highest BCUT2D eigenvalue weighted by Gasteiger charge is 2.21. The average molecular weight is 480 g/mol. The van der Waals surface area contributed by atoms with Crippen molar-refractivity contribution in [1.82, 2.24) is 25.4 Å². The molecule has 0 spiro atoms. The monoisotopic (exact) mass is 479 g/mol. The molecule has 1 saturated carbocycles. The van der Waals surface area contributed by atoms with E-state index < -0.39 is 17.8 Å². The molecule has 0 radical (unpaired) electrons. The lowest BCUT2D eigenvalue weighted by atomic mass is 9.96. The summed E-state index contributed by atoms with van der Waals surface area (Å²) in [5, 5.41) is 14.0. The quantitative estimate of drug-likeness (QED) is 0.503. The summed E-state index contributed by atoms with van der Waals surface area (Å²) in [4.78, 5) is 24.4. The van der Waals surface area contributed by atoms with E-state index in [4.69, 9.17) is 9.47 Å². The molecule has 3 rings (SSSR count). The molecule has 180 valence electrons. The predicted molar refractivity (Wildman–Crippen MR) is 122 cm³/mol. The van der Waals surface area contributed by atoms with Crippen LogP contribution in [0.25, 0.3) is 0 Å². The highest BCUT2D eigenvalue weighted by molar-refractivity contribution is 7.99. The highest BCUT2D eigenvalue weighted by Crippen LogP contribution is 2.24. The van der Waals surface area contributed by atoms with Crippen LogP contribution in [0.1, 0.15) is 50.9 Å². The van der Waals surface area contributed by atoms with Gasteiger partial charge in [-0.2, -0.15) is 0 Å². The minimum Gasteiger partial charge on any atom is -0.483 e. The minimum absolute atomic E-state index is 0.00145. The van der Waals surface area contributed by atoms with E-state index in [2.05, 4.69) is 20.8 Å². The van der Waals surface area contributed by atoms with Crippen LogP contribution in [0.5, 0.6) is 5.75 Å². The van der Waals surface area contributed by atoms with Crippen LogP contribution >= 0.6 is 11.8 Å². The van der Waals surface area contributed by atoms with Crippen LogP contribution in [0.2, 0.25) is 0 Å². The lowest BCUT2D eigenvalue weighted by molar-refractivity contribution is -0.117. The van der Waals surface area contributed by atoms with E-state index in [1.165, 1.54) is 18.6 Å². The molecule has 1 heterocycles. The van der Waals surface area contributed by atoms with Crippen molar-refractivity contribution < 1.29 is 23.5 Å². The fraction of sp³-hybridized carbons (Fsp3) is 0.545. The summed E-state index contributed by atoms with van der Waals surface area (Å²) in [7, 11) is 1.58. The van der Waals surface area contributed by atoms with Gasteiger partial charge in [-0.05, 0) is 31.9 Å². The van der Waals surface area contributed by atoms with Crippen molar-refractivity contribution in [3.63, 3.8) is 0 Å². The van der Waals surface area contributed by atoms with E-state index in [-0.39, 0.29) is 30.2 Å². The maximum Gasteiger partial charge on any atom is 0.321 e. The molecular weight excluding hydrogens is 449 g/mol. The molecule has 9 nitrogen and oxygen atoms in total. The summed E-state index contributed by atoms with van der Waals surface area (Å²) >= 11 is 1.16. The number of hydrogen-bond acceptors (Lipinski definition) is 7. The number of para-hydroxylation sites is 1. The van der Waals surface area contributed by atoms with Gasteiger partial charge in [-0.15, -0.1) is 10.2 Å². The van der Waals surface area contributed by atoms with Crippen LogP contribution in [0.4, 0.5) is 9.18 Å². The van der Waals surface area contributed by atoms with E-state index in [9.17, 15) is 14.0 Å². The molecular formula is C22H30FN5O4S. The van der Waals surface area contributed by atoms with Crippen molar-refractivity contribution >= 4 is 23.7 Å². The zero-order valence-corrected chi connectivity index (χ0v) is 19.7. The largest absolute Gasteiger partial charge is 0.483 e. The van der Waals surface area contributed by atoms with Gasteiger partial charge in [0.25, 0.3) is 0 Å². The smallest absolute Gasteiger partial charge is 0.321 e. The van der Waals surface area contributed by atoms with Gasteiger partial charge < -0.3 is 14.8 Å². The van der Waals surface area contributed by atoms with Gasteiger partial charge in [0.1, 0.15) is 6.61 Å². The zero-order valence-electron chi connectivity index (χ0n) is 18.9. The number of methoxy groups -OCH3 is 1. The molecule has 33 heavy (non-hydrogen) atoms. The third-order valence-corrected chi connectivity index (χ3v) is 6.25. The van der Waals surface area contributed by atoms with Crippen molar-refractivity contribution in [1.29, 1.82) is 0 Å². The fourth-order valence-corrected chi connectivity index (χ4v) is 4.58. The van der Waals surface area contributed by atoms with Gasteiger partial charge in [0.05, 0.1) is 18.4 Å². The lowest BCUT2D eigenvalue weighted by Crippen LogP contribution is -2.45. The number of benzene rings is 1. The number of nitrogens with one attached hydrogen (secondary N) is 2. The number of thioether (sulfide) groups is 1. The van der Waals surface area contributed by atoms with E-state index in [1.807, 2.05) is 6.92 Å². The lowest BCUT2D eigenvalue weighted by Gasteiger charge is -2.22. The number of rotatable bonds is 10. The maximum atomic E-state index is 13.9. The molecule has 1 atom stereocenters. The maximum absolute atomic E-state index is 13.9. The molecule has 2 N–H and O–H groups in total. The van der Waals surface area contributed by atoms with Crippen LogP contribution in [0.3, 0.4) is 0 Å². The number of imide groups is 1. The standard InChI is InChI=1S/C22H30FN5O4S/c1-15(12-31-2)28-19(13-32-18-11-7-6-10-17(18)23)26-27-22(28)33-14-20(29)25-21(30)24-16-8-4-3-5-9-16/h6-7,10-11,15-16H,3-5,8-9,12-14H2,1-2H3,(H2,24,25,29,30)/t15-/m0/s1. The first kappa shape index (κ1) is 25.0. The molecule has 3 amide bonds. The summed E-state index contributed by atoms with van der Waals surface area (Å²) in [5.74, 6) is -0.313. The number of aromatic nitrogens is 3. The van der Waals surface area contributed by atoms with E-state index in [1.54, 1.807) is 23.8 Å².